The Kier molecular flexibility index (Phi) is 5.93. The highest BCUT2D eigenvalue weighted by atomic mass is 32.1. The quantitative estimate of drug-likeness (QED) is 0.420. The second-order valence-electron chi connectivity index (χ2n) is 7.76. The number of hydrogen-bond acceptors (Lipinski definition) is 9. The van der Waals surface area contributed by atoms with Gasteiger partial charge in [-0.2, -0.15) is 5.10 Å². The fourth-order valence-electron chi connectivity index (χ4n) is 3.65. The zero-order valence-electron chi connectivity index (χ0n) is 18.1. The molecule has 10 nitrogen and oxygen atoms in total. The van der Waals surface area contributed by atoms with Gasteiger partial charge in [0.1, 0.15) is 35.7 Å². The zero-order valence-corrected chi connectivity index (χ0v) is 18.9. The predicted molar refractivity (Wildman–Crippen MR) is 121 cm³/mol. The maximum Gasteiger partial charge on any atom is 0.182 e. The molecular weight excluding hydrogens is 426 g/mol. The Hall–Kier alpha value is -3.15. The number of hydrogen-bond donors (Lipinski definition) is 0. The van der Waals surface area contributed by atoms with Crippen molar-refractivity contribution in [2.75, 3.05) is 40.3 Å². The van der Waals surface area contributed by atoms with Crippen LogP contribution in [0.3, 0.4) is 0 Å². The molecule has 0 unspecified atom stereocenters. The summed E-state index contributed by atoms with van der Waals surface area (Å²) in [6.45, 7) is 5.60. The van der Waals surface area contributed by atoms with Crippen LogP contribution < -0.4 is 4.74 Å². The molecule has 0 bridgehead atoms. The Labute approximate surface area is 190 Å². The van der Waals surface area contributed by atoms with E-state index in [2.05, 4.69) is 32.3 Å². The highest BCUT2D eigenvalue weighted by molar-refractivity contribution is 7.09. The lowest BCUT2D eigenvalue weighted by atomic mass is 10.3. The van der Waals surface area contributed by atoms with Gasteiger partial charge in [0.15, 0.2) is 11.6 Å². The number of piperazine rings is 1. The van der Waals surface area contributed by atoms with Gasteiger partial charge in [0.2, 0.25) is 0 Å². The summed E-state index contributed by atoms with van der Waals surface area (Å²) >= 11 is 1.67. The van der Waals surface area contributed by atoms with Crippen LogP contribution in [0.15, 0.2) is 42.3 Å². The van der Waals surface area contributed by atoms with Crippen molar-refractivity contribution >= 4 is 11.3 Å². The molecule has 4 heterocycles. The Bertz CT molecular complexity index is 1160. The van der Waals surface area contributed by atoms with E-state index in [1.54, 1.807) is 29.5 Å². The van der Waals surface area contributed by atoms with Crippen molar-refractivity contribution in [2.24, 2.45) is 0 Å². The van der Waals surface area contributed by atoms with Crippen molar-refractivity contribution in [3.63, 3.8) is 0 Å². The van der Waals surface area contributed by atoms with Crippen molar-refractivity contribution in [3.8, 4) is 23.0 Å². The molecule has 0 aliphatic carbocycles. The Balaban J connectivity index is 1.45. The molecule has 1 aliphatic rings. The smallest absolute Gasteiger partial charge is 0.182 e. The maximum atomic E-state index is 5.40. The average Bonchev–Trinajstić information content (AvgIpc) is 3.57. The van der Waals surface area contributed by atoms with Crippen LogP contribution in [0.4, 0.5) is 0 Å². The van der Waals surface area contributed by atoms with E-state index in [0.717, 1.165) is 54.9 Å². The topological polar surface area (TPSA) is 90.0 Å². The van der Waals surface area contributed by atoms with Crippen molar-refractivity contribution in [3.05, 3.63) is 53.1 Å². The lowest BCUT2D eigenvalue weighted by Crippen LogP contribution is -2.43. The van der Waals surface area contributed by atoms with Gasteiger partial charge in [0, 0.05) is 37.6 Å². The summed E-state index contributed by atoms with van der Waals surface area (Å²) in [6, 6.07) is 7.77. The molecule has 1 aromatic carbocycles. The van der Waals surface area contributed by atoms with Crippen molar-refractivity contribution in [1.29, 1.82) is 0 Å². The first-order valence-corrected chi connectivity index (χ1v) is 11.3. The van der Waals surface area contributed by atoms with Gasteiger partial charge in [-0.25, -0.2) is 24.3 Å². The molecule has 0 atom stereocenters. The minimum absolute atomic E-state index is 0.433. The van der Waals surface area contributed by atoms with Crippen molar-refractivity contribution < 1.29 is 4.74 Å². The second-order valence-corrected chi connectivity index (χ2v) is 8.71. The van der Waals surface area contributed by atoms with Crippen molar-refractivity contribution in [1.82, 2.24) is 44.3 Å². The fraction of sp³-hybridized carbons (Fsp3) is 0.381. The summed E-state index contributed by atoms with van der Waals surface area (Å²) in [4.78, 5) is 18.5. The van der Waals surface area contributed by atoms with Crippen LogP contribution in [-0.4, -0.2) is 84.6 Å². The molecule has 1 aliphatic heterocycles. The predicted octanol–water partition coefficient (Wildman–Crippen LogP) is 1.79. The Morgan fingerprint density at radius 3 is 2.75 bits per heavy atom. The minimum atomic E-state index is 0.433. The van der Waals surface area contributed by atoms with Crippen LogP contribution in [0.2, 0.25) is 0 Å². The summed E-state index contributed by atoms with van der Waals surface area (Å²) < 4.78 is 8.93. The van der Waals surface area contributed by atoms with Gasteiger partial charge in [-0.1, -0.05) is 6.07 Å². The maximum absolute atomic E-state index is 5.40. The number of rotatable bonds is 7. The monoisotopic (exact) mass is 451 g/mol. The highest BCUT2D eigenvalue weighted by Crippen LogP contribution is 2.26. The van der Waals surface area contributed by atoms with E-state index in [0.29, 0.717) is 18.2 Å². The number of methoxy groups -OCH3 is 1. The summed E-state index contributed by atoms with van der Waals surface area (Å²) in [7, 11) is 3.82. The largest absolute Gasteiger partial charge is 0.497 e. The van der Waals surface area contributed by atoms with Crippen LogP contribution in [0, 0.1) is 0 Å². The SMILES string of the molecule is COc1cccc(-n2nc(Cn3cncn3)nc2-c2csc(CN3CCN(C)CC3)n2)c1. The molecule has 0 radical (unpaired) electrons. The Morgan fingerprint density at radius 1 is 1.09 bits per heavy atom. The van der Waals surface area contributed by atoms with E-state index in [1.807, 2.05) is 28.9 Å². The van der Waals surface area contributed by atoms with Crippen LogP contribution in [0.1, 0.15) is 10.8 Å². The lowest BCUT2D eigenvalue weighted by Gasteiger charge is -2.31. The van der Waals surface area contributed by atoms with E-state index in [4.69, 9.17) is 19.8 Å². The first-order valence-electron chi connectivity index (χ1n) is 10.5. The fourth-order valence-corrected chi connectivity index (χ4v) is 4.47. The molecule has 166 valence electrons. The number of thiazole rings is 1. The van der Waals surface area contributed by atoms with Gasteiger partial charge >= 0.3 is 0 Å². The first-order chi connectivity index (χ1) is 15.7. The normalized spacial score (nSPS) is 15.3. The standard InChI is InChI=1S/C21H25N9OS/c1-27-6-8-28(9-7-27)12-20-24-18(13-32-20)21-25-19(11-29-15-22-14-23-29)26-30(21)16-4-3-5-17(10-16)31-2/h3-5,10,13-15H,6-9,11-12H2,1-2H3. The van der Waals surface area contributed by atoms with Crippen LogP contribution in [-0.2, 0) is 13.1 Å². The molecule has 4 aromatic rings. The summed E-state index contributed by atoms with van der Waals surface area (Å²) in [5.74, 6) is 2.10. The van der Waals surface area contributed by atoms with E-state index in [1.165, 1.54) is 6.33 Å². The van der Waals surface area contributed by atoms with Gasteiger partial charge in [0.05, 0.1) is 19.3 Å². The van der Waals surface area contributed by atoms with E-state index < -0.39 is 0 Å². The van der Waals surface area contributed by atoms with Crippen LogP contribution >= 0.6 is 11.3 Å². The first kappa shape index (κ1) is 20.7. The molecule has 11 heteroatoms. The zero-order chi connectivity index (χ0) is 21.9. The highest BCUT2D eigenvalue weighted by Gasteiger charge is 2.19. The number of likely N-dealkylation sites (N-methyl/N-ethyl adjacent to an activating group) is 1. The third kappa shape index (κ3) is 4.54. The number of aromatic nitrogens is 7. The second kappa shape index (κ2) is 9.15. The molecule has 0 spiro atoms. The Morgan fingerprint density at radius 2 is 1.97 bits per heavy atom. The van der Waals surface area contributed by atoms with Crippen LogP contribution in [0.25, 0.3) is 17.2 Å². The summed E-state index contributed by atoms with van der Waals surface area (Å²) in [5, 5.41) is 12.1. The van der Waals surface area contributed by atoms with Crippen molar-refractivity contribution in [2.45, 2.75) is 13.1 Å². The van der Waals surface area contributed by atoms with E-state index >= 15 is 0 Å². The molecule has 5 rings (SSSR count). The summed E-state index contributed by atoms with van der Waals surface area (Å²) in [5.41, 5.74) is 1.68. The third-order valence-corrected chi connectivity index (χ3v) is 6.29. The van der Waals surface area contributed by atoms with Gasteiger partial charge in [-0.05, 0) is 19.2 Å². The van der Waals surface area contributed by atoms with Gasteiger partial charge in [0.25, 0.3) is 0 Å². The lowest BCUT2D eigenvalue weighted by molar-refractivity contribution is 0.148. The average molecular weight is 452 g/mol. The molecule has 0 N–H and O–H groups in total. The van der Waals surface area contributed by atoms with E-state index in [9.17, 15) is 0 Å². The molecule has 32 heavy (non-hydrogen) atoms. The minimum Gasteiger partial charge on any atom is -0.497 e. The van der Waals surface area contributed by atoms with E-state index in [-0.39, 0.29) is 0 Å². The molecule has 1 fully saturated rings. The number of ether oxygens (including phenoxy) is 1. The molecule has 0 amide bonds. The van der Waals surface area contributed by atoms with Gasteiger partial charge in [-0.15, -0.1) is 16.4 Å². The number of nitrogens with zero attached hydrogens (tertiary/aromatic N) is 9. The van der Waals surface area contributed by atoms with Gasteiger partial charge in [-0.3, -0.25) is 4.90 Å². The molecule has 3 aromatic heterocycles. The number of benzene rings is 1. The molecule has 1 saturated heterocycles. The molecular formula is C21H25N9OS. The van der Waals surface area contributed by atoms with Crippen LogP contribution in [0.5, 0.6) is 5.75 Å². The van der Waals surface area contributed by atoms with Gasteiger partial charge < -0.3 is 9.64 Å². The summed E-state index contributed by atoms with van der Waals surface area (Å²) in [6.07, 6.45) is 3.16. The third-order valence-electron chi connectivity index (χ3n) is 5.45. The molecule has 0 saturated carbocycles.